The molecule has 0 bridgehead atoms. The molecule has 1 unspecified atom stereocenters. The van der Waals surface area contributed by atoms with E-state index in [2.05, 4.69) is 29.3 Å². The summed E-state index contributed by atoms with van der Waals surface area (Å²) in [7, 11) is 0. The highest BCUT2D eigenvalue weighted by Gasteiger charge is 2.58. The van der Waals surface area contributed by atoms with Crippen LogP contribution in [0.3, 0.4) is 0 Å². The minimum atomic E-state index is 0.483. The van der Waals surface area contributed by atoms with Gasteiger partial charge >= 0.3 is 0 Å². The lowest BCUT2D eigenvalue weighted by molar-refractivity contribution is -0.136. The zero-order valence-electron chi connectivity index (χ0n) is 8.78. The topological polar surface area (TPSA) is 12.5 Å². The van der Waals surface area contributed by atoms with Crippen molar-refractivity contribution in [2.75, 3.05) is 13.2 Å². The number of hydrogen-bond donors (Lipinski definition) is 0. The Hall–Kier alpha value is -0.860. The quantitative estimate of drug-likeness (QED) is 0.638. The highest BCUT2D eigenvalue weighted by Crippen LogP contribution is 2.62. The van der Waals surface area contributed by atoms with Crippen LogP contribution in [0.2, 0.25) is 0 Å². The van der Waals surface area contributed by atoms with Crippen molar-refractivity contribution in [3.05, 3.63) is 35.4 Å². The Morgan fingerprint density at radius 2 is 2.13 bits per heavy atom. The van der Waals surface area contributed by atoms with E-state index in [0.717, 1.165) is 19.6 Å². The van der Waals surface area contributed by atoms with Crippen molar-refractivity contribution in [1.29, 1.82) is 0 Å². The summed E-state index contributed by atoms with van der Waals surface area (Å²) in [6.45, 7) is 2.02. The van der Waals surface area contributed by atoms with Crippen molar-refractivity contribution in [2.45, 2.75) is 25.3 Å². The molecule has 1 spiro atoms. The fourth-order valence-electron chi connectivity index (χ4n) is 3.19. The molecule has 78 valence electrons. The van der Waals surface area contributed by atoms with Gasteiger partial charge in [0.25, 0.3) is 0 Å². The Bertz CT molecular complexity index is 411. The predicted molar refractivity (Wildman–Crippen MR) is 57.2 cm³/mol. The molecule has 1 aromatic rings. The summed E-state index contributed by atoms with van der Waals surface area (Å²) >= 11 is 0. The van der Waals surface area contributed by atoms with Crippen LogP contribution in [0, 0.1) is 5.41 Å². The minimum Gasteiger partial charge on any atom is -0.298 e. The standard InChI is InChI=1S/C13H15NO/c1-2-4-11-10(3-1)5-8-14-12(11)13(6-7-13)9-15-14/h1-4,12H,5-9H2. The van der Waals surface area contributed by atoms with Gasteiger partial charge in [0.1, 0.15) is 0 Å². The van der Waals surface area contributed by atoms with Crippen molar-refractivity contribution in [3.8, 4) is 0 Å². The molecule has 2 fully saturated rings. The Balaban J connectivity index is 1.86. The van der Waals surface area contributed by atoms with Gasteiger partial charge in [0.15, 0.2) is 0 Å². The molecule has 2 heterocycles. The summed E-state index contributed by atoms with van der Waals surface area (Å²) in [5.41, 5.74) is 3.55. The van der Waals surface area contributed by atoms with E-state index in [0.29, 0.717) is 11.5 Å². The Kier molecular flexibility index (Phi) is 1.46. The van der Waals surface area contributed by atoms with Crippen molar-refractivity contribution >= 4 is 0 Å². The lowest BCUT2D eigenvalue weighted by Gasteiger charge is -2.32. The maximum Gasteiger partial charge on any atom is 0.0760 e. The lowest BCUT2D eigenvalue weighted by Crippen LogP contribution is -2.32. The van der Waals surface area contributed by atoms with Gasteiger partial charge in [-0.15, -0.1) is 0 Å². The van der Waals surface area contributed by atoms with Crippen LogP contribution in [-0.4, -0.2) is 18.2 Å². The third-order valence-corrected chi connectivity index (χ3v) is 4.23. The predicted octanol–water partition coefficient (Wildman–Crippen LogP) is 2.31. The second-order valence-corrected chi connectivity index (χ2v) is 5.13. The van der Waals surface area contributed by atoms with E-state index in [4.69, 9.17) is 4.84 Å². The second kappa shape index (κ2) is 2.63. The average molecular weight is 201 g/mol. The van der Waals surface area contributed by atoms with E-state index in [1.165, 1.54) is 24.0 Å². The normalized spacial score (nSPS) is 31.3. The molecule has 0 aromatic heterocycles. The van der Waals surface area contributed by atoms with Gasteiger partial charge in [0.05, 0.1) is 12.6 Å². The van der Waals surface area contributed by atoms with Crippen LogP contribution >= 0.6 is 0 Å². The molecule has 1 atom stereocenters. The molecule has 15 heavy (non-hydrogen) atoms. The summed E-state index contributed by atoms with van der Waals surface area (Å²) < 4.78 is 0. The van der Waals surface area contributed by atoms with Gasteiger partial charge in [-0.1, -0.05) is 24.3 Å². The zero-order chi connectivity index (χ0) is 9.88. The SMILES string of the molecule is c1ccc2c(c1)CCN1OCC3(CC3)C21. The van der Waals surface area contributed by atoms with Crippen LogP contribution in [0.15, 0.2) is 24.3 Å². The van der Waals surface area contributed by atoms with Crippen molar-refractivity contribution < 1.29 is 4.84 Å². The van der Waals surface area contributed by atoms with E-state index in [-0.39, 0.29) is 0 Å². The van der Waals surface area contributed by atoms with Crippen molar-refractivity contribution in [1.82, 2.24) is 5.06 Å². The molecule has 0 radical (unpaired) electrons. The van der Waals surface area contributed by atoms with Gasteiger partial charge in [-0.2, -0.15) is 5.06 Å². The third kappa shape index (κ3) is 1.01. The van der Waals surface area contributed by atoms with Gasteiger partial charge in [-0.25, -0.2) is 0 Å². The zero-order valence-corrected chi connectivity index (χ0v) is 8.78. The molecule has 4 rings (SSSR count). The Morgan fingerprint density at radius 3 is 3.00 bits per heavy atom. The minimum absolute atomic E-state index is 0.483. The Morgan fingerprint density at radius 1 is 1.27 bits per heavy atom. The summed E-state index contributed by atoms with van der Waals surface area (Å²) in [5.74, 6) is 0. The van der Waals surface area contributed by atoms with E-state index >= 15 is 0 Å². The maximum atomic E-state index is 5.82. The second-order valence-electron chi connectivity index (χ2n) is 5.13. The molecule has 2 aliphatic heterocycles. The molecule has 1 aromatic carbocycles. The van der Waals surface area contributed by atoms with Crippen molar-refractivity contribution in [2.24, 2.45) is 5.41 Å². The van der Waals surface area contributed by atoms with Gasteiger partial charge in [-0.05, 0) is 30.4 Å². The molecule has 1 aliphatic carbocycles. The monoisotopic (exact) mass is 201 g/mol. The van der Waals surface area contributed by atoms with E-state index < -0.39 is 0 Å². The molecule has 1 saturated carbocycles. The summed E-state index contributed by atoms with van der Waals surface area (Å²) in [6, 6.07) is 9.45. The molecular weight excluding hydrogens is 186 g/mol. The van der Waals surface area contributed by atoms with Crippen LogP contribution in [0.1, 0.15) is 30.0 Å². The molecule has 2 nitrogen and oxygen atoms in total. The first-order chi connectivity index (χ1) is 7.39. The number of nitrogens with zero attached hydrogens (tertiary/aromatic N) is 1. The van der Waals surface area contributed by atoms with E-state index in [1.54, 1.807) is 0 Å². The molecule has 0 amide bonds. The largest absolute Gasteiger partial charge is 0.298 e. The first-order valence-electron chi connectivity index (χ1n) is 5.86. The number of rotatable bonds is 0. The van der Waals surface area contributed by atoms with Crippen LogP contribution in [-0.2, 0) is 11.3 Å². The fraction of sp³-hybridized carbons (Fsp3) is 0.538. The van der Waals surface area contributed by atoms with Crippen LogP contribution in [0.5, 0.6) is 0 Å². The van der Waals surface area contributed by atoms with Crippen LogP contribution < -0.4 is 0 Å². The fourth-order valence-corrected chi connectivity index (χ4v) is 3.19. The number of hydroxylamine groups is 2. The van der Waals surface area contributed by atoms with Gasteiger partial charge in [0.2, 0.25) is 0 Å². The average Bonchev–Trinajstić information content (AvgIpc) is 2.95. The third-order valence-electron chi connectivity index (χ3n) is 4.23. The number of fused-ring (bicyclic) bond motifs is 4. The number of hydrogen-bond acceptors (Lipinski definition) is 2. The molecular formula is C13H15NO. The van der Waals surface area contributed by atoms with Gasteiger partial charge in [0, 0.05) is 12.0 Å². The van der Waals surface area contributed by atoms with Gasteiger partial charge in [-0.3, -0.25) is 4.84 Å². The van der Waals surface area contributed by atoms with Crippen LogP contribution in [0.4, 0.5) is 0 Å². The highest BCUT2D eigenvalue weighted by atomic mass is 16.7. The molecule has 1 saturated heterocycles. The van der Waals surface area contributed by atoms with Crippen LogP contribution in [0.25, 0.3) is 0 Å². The number of benzene rings is 1. The first-order valence-corrected chi connectivity index (χ1v) is 5.86. The smallest absolute Gasteiger partial charge is 0.0760 e. The summed E-state index contributed by atoms with van der Waals surface area (Å²) in [4.78, 5) is 5.82. The highest BCUT2D eigenvalue weighted by molar-refractivity contribution is 5.35. The first kappa shape index (κ1) is 8.31. The summed E-state index contributed by atoms with van der Waals surface area (Å²) in [5, 5.41) is 2.23. The maximum absolute atomic E-state index is 5.82. The summed E-state index contributed by atoms with van der Waals surface area (Å²) in [6.07, 6.45) is 3.84. The lowest BCUT2D eigenvalue weighted by atomic mass is 9.85. The molecule has 0 N–H and O–H groups in total. The molecule has 2 heteroatoms. The van der Waals surface area contributed by atoms with E-state index in [1.807, 2.05) is 0 Å². The molecule has 3 aliphatic rings. The Labute approximate surface area is 89.8 Å². The van der Waals surface area contributed by atoms with Crippen molar-refractivity contribution in [3.63, 3.8) is 0 Å². The van der Waals surface area contributed by atoms with Gasteiger partial charge < -0.3 is 0 Å². The van der Waals surface area contributed by atoms with E-state index in [9.17, 15) is 0 Å².